The summed E-state index contributed by atoms with van der Waals surface area (Å²) < 4.78 is 8.19. The Bertz CT molecular complexity index is 938. The number of nitro groups is 1. The van der Waals surface area contributed by atoms with Gasteiger partial charge >= 0.3 is 5.97 Å². The predicted molar refractivity (Wildman–Crippen MR) is 83.1 cm³/mol. The van der Waals surface area contributed by atoms with Crippen LogP contribution in [0.1, 0.15) is 10.4 Å². The lowest BCUT2D eigenvalue weighted by Crippen LogP contribution is -2.00. The van der Waals surface area contributed by atoms with E-state index in [9.17, 15) is 14.9 Å². The summed E-state index contributed by atoms with van der Waals surface area (Å²) in [6.45, 7) is 0. The summed E-state index contributed by atoms with van der Waals surface area (Å²) in [6, 6.07) is 6.55. The first-order valence-corrected chi connectivity index (χ1v) is 6.78. The van der Waals surface area contributed by atoms with Crippen LogP contribution in [0.3, 0.4) is 0 Å². The highest BCUT2D eigenvalue weighted by Gasteiger charge is 2.19. The first-order valence-electron chi connectivity index (χ1n) is 6.78. The Balaban J connectivity index is 2.17. The Morgan fingerprint density at radius 1 is 1.30 bits per heavy atom. The fourth-order valence-corrected chi connectivity index (χ4v) is 2.54. The lowest BCUT2D eigenvalue weighted by Gasteiger charge is -2.03. The van der Waals surface area contributed by atoms with Crippen molar-refractivity contribution in [3.05, 3.63) is 46.1 Å². The minimum absolute atomic E-state index is 0.00445. The predicted octanol–water partition coefficient (Wildman–Crippen LogP) is 2.27. The Hall–Kier alpha value is -3.16. The number of hydrogen-bond acceptors (Lipinski definition) is 5. The SMILES string of the molecule is COC(=O)c1ccc2c(c1)nc(-c1cc([N+](=O)[O-])cn1C)n2C. The molecule has 0 atom stereocenters. The number of carbonyl (C=O) groups is 1. The molecule has 2 heterocycles. The average Bonchev–Trinajstić information content (AvgIpc) is 3.07. The molecule has 0 fully saturated rings. The summed E-state index contributed by atoms with van der Waals surface area (Å²) in [5.41, 5.74) is 2.47. The number of imidazole rings is 1. The van der Waals surface area contributed by atoms with Crippen molar-refractivity contribution in [3.8, 4) is 11.5 Å². The zero-order valence-electron chi connectivity index (χ0n) is 12.8. The van der Waals surface area contributed by atoms with E-state index in [0.29, 0.717) is 22.6 Å². The van der Waals surface area contributed by atoms with E-state index in [0.717, 1.165) is 5.52 Å². The highest BCUT2D eigenvalue weighted by molar-refractivity contribution is 5.94. The number of ether oxygens (including phenoxy) is 1. The van der Waals surface area contributed by atoms with E-state index in [2.05, 4.69) is 4.98 Å². The number of nitrogens with zero attached hydrogens (tertiary/aromatic N) is 4. The van der Waals surface area contributed by atoms with Gasteiger partial charge in [-0.3, -0.25) is 10.1 Å². The van der Waals surface area contributed by atoms with Crippen molar-refractivity contribution in [1.29, 1.82) is 0 Å². The lowest BCUT2D eigenvalue weighted by atomic mass is 10.2. The van der Waals surface area contributed by atoms with Crippen LogP contribution in [0.15, 0.2) is 30.5 Å². The number of esters is 1. The van der Waals surface area contributed by atoms with Crippen LogP contribution in [-0.2, 0) is 18.8 Å². The van der Waals surface area contributed by atoms with Gasteiger partial charge in [0.1, 0.15) is 0 Å². The highest BCUT2D eigenvalue weighted by Crippen LogP contribution is 2.28. The monoisotopic (exact) mass is 314 g/mol. The molecular formula is C15H14N4O4. The molecule has 23 heavy (non-hydrogen) atoms. The van der Waals surface area contributed by atoms with E-state index < -0.39 is 10.9 Å². The number of benzene rings is 1. The van der Waals surface area contributed by atoms with Gasteiger partial charge in [-0.1, -0.05) is 0 Å². The molecule has 0 aliphatic carbocycles. The van der Waals surface area contributed by atoms with Crippen molar-refractivity contribution in [3.63, 3.8) is 0 Å². The Labute approximate surface area is 131 Å². The normalized spacial score (nSPS) is 10.9. The maximum absolute atomic E-state index is 11.6. The van der Waals surface area contributed by atoms with Crippen molar-refractivity contribution >= 4 is 22.7 Å². The van der Waals surface area contributed by atoms with Crippen LogP contribution in [0.2, 0.25) is 0 Å². The summed E-state index contributed by atoms with van der Waals surface area (Å²) in [5.74, 6) is 0.145. The third-order valence-corrected chi connectivity index (χ3v) is 3.73. The molecule has 0 bridgehead atoms. The second-order valence-corrected chi connectivity index (χ2v) is 5.14. The zero-order chi connectivity index (χ0) is 16.7. The van der Waals surface area contributed by atoms with Gasteiger partial charge in [-0.05, 0) is 18.2 Å². The van der Waals surface area contributed by atoms with Crippen LogP contribution in [0.5, 0.6) is 0 Å². The van der Waals surface area contributed by atoms with Gasteiger partial charge in [0.2, 0.25) is 0 Å². The van der Waals surface area contributed by atoms with E-state index in [1.54, 1.807) is 29.8 Å². The maximum Gasteiger partial charge on any atom is 0.337 e. The molecule has 2 aromatic heterocycles. The van der Waals surface area contributed by atoms with Crippen molar-refractivity contribution < 1.29 is 14.5 Å². The fraction of sp³-hybridized carbons (Fsp3) is 0.200. The van der Waals surface area contributed by atoms with Gasteiger partial charge in [0.25, 0.3) is 5.69 Å². The molecule has 0 aliphatic heterocycles. The summed E-state index contributed by atoms with van der Waals surface area (Å²) in [5, 5.41) is 10.9. The van der Waals surface area contributed by atoms with Crippen molar-refractivity contribution in [2.75, 3.05) is 7.11 Å². The summed E-state index contributed by atoms with van der Waals surface area (Å²) in [6.07, 6.45) is 1.44. The quantitative estimate of drug-likeness (QED) is 0.420. The largest absolute Gasteiger partial charge is 0.465 e. The second kappa shape index (κ2) is 5.24. The van der Waals surface area contributed by atoms with Crippen molar-refractivity contribution in [1.82, 2.24) is 14.1 Å². The molecule has 1 aromatic carbocycles. The molecule has 8 nitrogen and oxygen atoms in total. The molecule has 0 spiro atoms. The molecule has 0 saturated heterocycles. The molecule has 0 amide bonds. The summed E-state index contributed by atoms with van der Waals surface area (Å²) in [7, 11) is 4.86. The van der Waals surface area contributed by atoms with Gasteiger partial charge < -0.3 is 13.9 Å². The van der Waals surface area contributed by atoms with E-state index in [1.807, 2.05) is 11.6 Å². The van der Waals surface area contributed by atoms with Crippen LogP contribution in [0, 0.1) is 10.1 Å². The van der Waals surface area contributed by atoms with Crippen LogP contribution >= 0.6 is 0 Å². The highest BCUT2D eigenvalue weighted by atomic mass is 16.6. The number of hydrogen-bond donors (Lipinski definition) is 0. The first kappa shape index (κ1) is 14.8. The summed E-state index contributed by atoms with van der Waals surface area (Å²) >= 11 is 0. The maximum atomic E-state index is 11.6. The third-order valence-electron chi connectivity index (χ3n) is 3.73. The molecule has 0 N–H and O–H groups in total. The Kier molecular flexibility index (Phi) is 3.36. The fourth-order valence-electron chi connectivity index (χ4n) is 2.54. The van der Waals surface area contributed by atoms with E-state index >= 15 is 0 Å². The average molecular weight is 314 g/mol. The van der Waals surface area contributed by atoms with Gasteiger partial charge in [0.05, 0.1) is 40.5 Å². The number of rotatable bonds is 3. The second-order valence-electron chi connectivity index (χ2n) is 5.14. The molecule has 118 valence electrons. The zero-order valence-corrected chi connectivity index (χ0v) is 12.8. The minimum Gasteiger partial charge on any atom is -0.465 e. The van der Waals surface area contributed by atoms with Crippen LogP contribution in [-0.4, -0.2) is 32.1 Å². The number of fused-ring (bicyclic) bond motifs is 1. The molecule has 3 aromatic rings. The van der Waals surface area contributed by atoms with Gasteiger partial charge in [-0.25, -0.2) is 9.78 Å². The minimum atomic E-state index is -0.443. The molecule has 0 radical (unpaired) electrons. The number of aromatic nitrogens is 3. The topological polar surface area (TPSA) is 92.2 Å². The molecule has 8 heteroatoms. The van der Waals surface area contributed by atoms with Crippen LogP contribution in [0.25, 0.3) is 22.6 Å². The molecule has 0 aliphatic rings. The van der Waals surface area contributed by atoms with Gasteiger partial charge in [-0.2, -0.15) is 0 Å². The van der Waals surface area contributed by atoms with Crippen LogP contribution < -0.4 is 0 Å². The standard InChI is InChI=1S/C15H14N4O4/c1-17-8-10(19(21)22)7-13(17)14-16-11-6-9(15(20)23-3)4-5-12(11)18(14)2/h4-8H,1-3H3. The van der Waals surface area contributed by atoms with Gasteiger partial charge in [0.15, 0.2) is 5.82 Å². The number of aryl methyl sites for hydroxylation is 2. The smallest absolute Gasteiger partial charge is 0.337 e. The van der Waals surface area contributed by atoms with Gasteiger partial charge in [-0.15, -0.1) is 0 Å². The van der Waals surface area contributed by atoms with Crippen molar-refractivity contribution in [2.24, 2.45) is 14.1 Å². The molecular weight excluding hydrogens is 300 g/mol. The van der Waals surface area contributed by atoms with Crippen LogP contribution in [0.4, 0.5) is 5.69 Å². The first-order chi connectivity index (χ1) is 10.9. The van der Waals surface area contributed by atoms with E-state index in [1.165, 1.54) is 19.4 Å². The molecule has 3 rings (SSSR count). The number of carbonyl (C=O) groups excluding carboxylic acids is 1. The van der Waals surface area contributed by atoms with Gasteiger partial charge in [0, 0.05) is 20.2 Å². The Morgan fingerprint density at radius 3 is 2.65 bits per heavy atom. The van der Waals surface area contributed by atoms with Crippen molar-refractivity contribution in [2.45, 2.75) is 0 Å². The number of methoxy groups -OCH3 is 1. The molecule has 0 saturated carbocycles. The van der Waals surface area contributed by atoms with E-state index in [-0.39, 0.29) is 5.69 Å². The van der Waals surface area contributed by atoms with E-state index in [4.69, 9.17) is 4.74 Å². The Morgan fingerprint density at radius 2 is 2.04 bits per heavy atom. The molecule has 0 unspecified atom stereocenters. The third kappa shape index (κ3) is 2.33. The lowest BCUT2D eigenvalue weighted by molar-refractivity contribution is -0.384. The summed E-state index contributed by atoms with van der Waals surface area (Å²) in [4.78, 5) is 26.6.